The Balaban J connectivity index is 1.98. The lowest BCUT2D eigenvalue weighted by Crippen LogP contribution is -2.11. The van der Waals surface area contributed by atoms with E-state index in [1.54, 1.807) is 18.2 Å². The van der Waals surface area contributed by atoms with E-state index in [9.17, 15) is 16.8 Å². The number of nitrogens with two attached hydrogens (primary N) is 1. The summed E-state index contributed by atoms with van der Waals surface area (Å²) in [5, 5.41) is 5.03. The first-order valence-electron chi connectivity index (χ1n) is 6.19. The van der Waals surface area contributed by atoms with Crippen LogP contribution < -0.4 is 9.32 Å². The molecule has 2 N–H and O–H groups in total. The molecule has 0 amide bonds. The molecule has 1 heterocycles. The SMILES string of the molecule is NS(=O)(=O)c1nc2ccc(OS(=O)(=O)c3ccccc3)cc2s1. The van der Waals surface area contributed by atoms with Crippen LogP contribution in [0.3, 0.4) is 0 Å². The third-order valence-corrected chi connectivity index (χ3v) is 6.42. The van der Waals surface area contributed by atoms with Crippen LogP contribution in [0.2, 0.25) is 0 Å². The number of primary sulfonamides is 1. The van der Waals surface area contributed by atoms with Crippen molar-refractivity contribution in [3.05, 3.63) is 48.5 Å². The highest BCUT2D eigenvalue weighted by Crippen LogP contribution is 2.29. The minimum absolute atomic E-state index is 0.0228. The smallest absolute Gasteiger partial charge is 0.339 e. The van der Waals surface area contributed by atoms with Gasteiger partial charge in [-0.1, -0.05) is 18.2 Å². The molecule has 3 rings (SSSR count). The van der Waals surface area contributed by atoms with Crippen LogP contribution in [0.15, 0.2) is 57.8 Å². The van der Waals surface area contributed by atoms with Crippen molar-refractivity contribution in [2.75, 3.05) is 0 Å². The van der Waals surface area contributed by atoms with Crippen molar-refractivity contribution < 1.29 is 21.0 Å². The van der Waals surface area contributed by atoms with Crippen LogP contribution >= 0.6 is 11.3 Å². The zero-order valence-corrected chi connectivity index (χ0v) is 13.9. The van der Waals surface area contributed by atoms with Gasteiger partial charge in [0, 0.05) is 6.07 Å². The molecule has 0 unspecified atom stereocenters. The van der Waals surface area contributed by atoms with Gasteiger partial charge in [-0.15, -0.1) is 11.3 Å². The van der Waals surface area contributed by atoms with Gasteiger partial charge in [-0.25, -0.2) is 18.5 Å². The van der Waals surface area contributed by atoms with Crippen molar-refractivity contribution in [3.63, 3.8) is 0 Å². The van der Waals surface area contributed by atoms with Crippen molar-refractivity contribution in [1.29, 1.82) is 0 Å². The number of aromatic nitrogens is 1. The van der Waals surface area contributed by atoms with Crippen LogP contribution in [-0.4, -0.2) is 21.8 Å². The van der Waals surface area contributed by atoms with Crippen molar-refractivity contribution >= 4 is 41.7 Å². The van der Waals surface area contributed by atoms with E-state index in [-0.39, 0.29) is 15.0 Å². The zero-order valence-electron chi connectivity index (χ0n) is 11.4. The van der Waals surface area contributed by atoms with Gasteiger partial charge >= 0.3 is 10.1 Å². The standard InChI is InChI=1S/C13H10N2O5S3/c14-22(16,17)13-15-11-7-6-9(8-12(11)21-13)20-23(18,19)10-4-2-1-3-5-10/h1-8H,(H2,14,16,17). The molecule has 0 atom stereocenters. The van der Waals surface area contributed by atoms with Gasteiger partial charge in [0.2, 0.25) is 4.34 Å². The van der Waals surface area contributed by atoms with Crippen molar-refractivity contribution in [3.8, 4) is 5.75 Å². The Labute approximate surface area is 136 Å². The summed E-state index contributed by atoms with van der Waals surface area (Å²) in [6.45, 7) is 0. The Morgan fingerprint density at radius 1 is 1.00 bits per heavy atom. The highest BCUT2D eigenvalue weighted by molar-refractivity contribution is 7.91. The van der Waals surface area contributed by atoms with E-state index in [1.165, 1.54) is 30.3 Å². The number of benzene rings is 2. The minimum Gasteiger partial charge on any atom is -0.379 e. The van der Waals surface area contributed by atoms with Gasteiger partial charge in [0.15, 0.2) is 0 Å². The third-order valence-electron chi connectivity index (χ3n) is 2.82. The van der Waals surface area contributed by atoms with Gasteiger partial charge in [0.05, 0.1) is 10.2 Å². The largest absolute Gasteiger partial charge is 0.379 e. The Morgan fingerprint density at radius 3 is 2.35 bits per heavy atom. The minimum atomic E-state index is -3.96. The number of fused-ring (bicyclic) bond motifs is 1. The first kappa shape index (κ1) is 15.9. The summed E-state index contributed by atoms with van der Waals surface area (Å²) in [4.78, 5) is 3.90. The van der Waals surface area contributed by atoms with Gasteiger partial charge in [-0.2, -0.15) is 8.42 Å². The lowest BCUT2D eigenvalue weighted by molar-refractivity contribution is 0.486. The Kier molecular flexibility index (Phi) is 3.84. The van der Waals surface area contributed by atoms with E-state index in [1.807, 2.05) is 0 Å². The quantitative estimate of drug-likeness (QED) is 0.699. The van der Waals surface area contributed by atoms with E-state index >= 15 is 0 Å². The van der Waals surface area contributed by atoms with Gasteiger partial charge < -0.3 is 4.18 Å². The van der Waals surface area contributed by atoms with Gasteiger partial charge in [0.1, 0.15) is 10.6 Å². The third kappa shape index (κ3) is 3.34. The molecule has 0 bridgehead atoms. The average Bonchev–Trinajstić information content (AvgIpc) is 2.91. The molecule has 0 spiro atoms. The Morgan fingerprint density at radius 2 is 1.70 bits per heavy atom. The molecule has 0 aliphatic rings. The maximum atomic E-state index is 12.2. The number of hydrogen-bond donors (Lipinski definition) is 1. The van der Waals surface area contributed by atoms with Crippen LogP contribution in [0.4, 0.5) is 0 Å². The molecular weight excluding hydrogens is 360 g/mol. The molecule has 2 aromatic carbocycles. The first-order chi connectivity index (χ1) is 10.8. The predicted octanol–water partition coefficient (Wildman–Crippen LogP) is 1.71. The first-order valence-corrected chi connectivity index (χ1v) is 9.96. The molecule has 3 aromatic rings. The molecule has 1 aromatic heterocycles. The average molecular weight is 370 g/mol. The van der Waals surface area contributed by atoms with E-state index < -0.39 is 20.1 Å². The Bertz CT molecular complexity index is 1070. The molecule has 120 valence electrons. The summed E-state index contributed by atoms with van der Waals surface area (Å²) in [5.74, 6) is 0.0611. The lowest BCUT2D eigenvalue weighted by atomic mass is 10.3. The summed E-state index contributed by atoms with van der Waals surface area (Å²) in [6, 6.07) is 12.0. The summed E-state index contributed by atoms with van der Waals surface area (Å²) >= 11 is 0.841. The van der Waals surface area contributed by atoms with Crippen molar-refractivity contribution in [2.24, 2.45) is 5.14 Å². The molecule has 0 aliphatic heterocycles. The molecule has 0 fully saturated rings. The van der Waals surface area contributed by atoms with Gasteiger partial charge in [-0.3, -0.25) is 0 Å². The summed E-state index contributed by atoms with van der Waals surface area (Å²) < 4.78 is 52.2. The fourth-order valence-electron chi connectivity index (χ4n) is 1.82. The van der Waals surface area contributed by atoms with Crippen molar-refractivity contribution in [1.82, 2.24) is 4.98 Å². The van der Waals surface area contributed by atoms with E-state index in [0.29, 0.717) is 10.2 Å². The number of sulfonamides is 1. The molecule has 7 nitrogen and oxygen atoms in total. The molecule has 0 saturated heterocycles. The fourth-order valence-corrected chi connectivity index (χ4v) is 4.45. The number of thiazole rings is 1. The summed E-state index contributed by atoms with van der Waals surface area (Å²) in [5.41, 5.74) is 0.392. The van der Waals surface area contributed by atoms with Crippen LogP contribution in [0.25, 0.3) is 10.2 Å². The van der Waals surface area contributed by atoms with Crippen LogP contribution in [0, 0.1) is 0 Å². The highest BCUT2D eigenvalue weighted by Gasteiger charge is 2.18. The summed E-state index contributed by atoms with van der Waals surface area (Å²) in [7, 11) is -7.87. The predicted molar refractivity (Wildman–Crippen MR) is 85.2 cm³/mol. The number of hydrogen-bond acceptors (Lipinski definition) is 7. The second-order valence-corrected chi connectivity index (χ2v) is 8.82. The normalized spacial score (nSPS) is 12.4. The maximum Gasteiger partial charge on any atom is 0.339 e. The topological polar surface area (TPSA) is 116 Å². The zero-order chi connectivity index (χ0) is 16.7. The van der Waals surface area contributed by atoms with Crippen LogP contribution in [0.1, 0.15) is 0 Å². The van der Waals surface area contributed by atoms with E-state index in [4.69, 9.17) is 9.32 Å². The molecule has 0 aliphatic carbocycles. The monoisotopic (exact) mass is 370 g/mol. The van der Waals surface area contributed by atoms with Crippen LogP contribution in [-0.2, 0) is 20.1 Å². The molecule has 0 saturated carbocycles. The van der Waals surface area contributed by atoms with E-state index in [2.05, 4.69) is 4.98 Å². The van der Waals surface area contributed by atoms with E-state index in [0.717, 1.165) is 11.3 Å². The Hall–Kier alpha value is -2.01. The summed E-state index contributed by atoms with van der Waals surface area (Å²) in [6.07, 6.45) is 0. The fraction of sp³-hybridized carbons (Fsp3) is 0. The second kappa shape index (κ2) is 5.57. The lowest BCUT2D eigenvalue weighted by Gasteiger charge is -2.06. The van der Waals surface area contributed by atoms with Gasteiger partial charge in [0.25, 0.3) is 10.0 Å². The van der Waals surface area contributed by atoms with Gasteiger partial charge in [-0.05, 0) is 24.3 Å². The molecule has 0 radical (unpaired) electrons. The van der Waals surface area contributed by atoms with Crippen molar-refractivity contribution in [2.45, 2.75) is 9.24 Å². The molecule has 23 heavy (non-hydrogen) atoms. The highest BCUT2D eigenvalue weighted by atomic mass is 32.2. The second-order valence-electron chi connectivity index (χ2n) is 4.50. The number of rotatable bonds is 4. The number of nitrogens with zero attached hydrogens (tertiary/aromatic N) is 1. The molecule has 10 heteroatoms. The van der Waals surface area contributed by atoms with Crippen LogP contribution in [0.5, 0.6) is 5.75 Å². The molecular formula is C13H10N2O5S3. The maximum absolute atomic E-state index is 12.2.